The Hall–Kier alpha value is -4.47. The molecule has 3 rings (SSSR count). The SMILES string of the molecule is CCOc1ccc(C=C2C(=O)NC(=O)N(c3ccc(C(=O)OC)cc3)C2=O)cc1C(=O)O. The van der Waals surface area contributed by atoms with E-state index >= 15 is 0 Å². The normalized spacial score (nSPS) is 14.9. The standard InChI is InChI=1S/C22H18N2O8/c1-3-32-17-9-4-12(10-15(17)20(27)28)11-16-18(25)23-22(30)24(19(16)26)14-7-5-13(6-8-14)21(29)31-2/h4-11H,3H2,1-2H3,(H,27,28)(H,23,25,30). The average molecular weight is 438 g/mol. The number of hydrogen-bond acceptors (Lipinski definition) is 7. The van der Waals surface area contributed by atoms with Crippen LogP contribution in [0.1, 0.15) is 33.2 Å². The lowest BCUT2D eigenvalue weighted by atomic mass is 10.0. The molecular formula is C22H18N2O8. The highest BCUT2D eigenvalue weighted by atomic mass is 16.5. The molecule has 10 heteroatoms. The van der Waals surface area contributed by atoms with Crippen LogP contribution < -0.4 is 15.0 Å². The third kappa shape index (κ3) is 4.33. The Morgan fingerprint density at radius 3 is 2.38 bits per heavy atom. The van der Waals surface area contributed by atoms with Gasteiger partial charge in [0.15, 0.2) is 0 Å². The van der Waals surface area contributed by atoms with Crippen LogP contribution in [-0.2, 0) is 14.3 Å². The number of aromatic carboxylic acids is 1. The molecule has 164 valence electrons. The van der Waals surface area contributed by atoms with E-state index < -0.39 is 29.8 Å². The van der Waals surface area contributed by atoms with Gasteiger partial charge in [-0.1, -0.05) is 6.07 Å². The predicted octanol–water partition coefficient (Wildman–Crippen LogP) is 2.24. The van der Waals surface area contributed by atoms with Gasteiger partial charge in [0.25, 0.3) is 11.8 Å². The fraction of sp³-hybridized carbons (Fsp3) is 0.136. The summed E-state index contributed by atoms with van der Waals surface area (Å²) >= 11 is 0. The fourth-order valence-electron chi connectivity index (χ4n) is 3.01. The van der Waals surface area contributed by atoms with E-state index in [-0.39, 0.29) is 40.3 Å². The Labute approximate surface area is 182 Å². The van der Waals surface area contributed by atoms with E-state index in [0.29, 0.717) is 0 Å². The lowest BCUT2D eigenvalue weighted by Crippen LogP contribution is -2.54. The van der Waals surface area contributed by atoms with Crippen LogP contribution in [0.3, 0.4) is 0 Å². The summed E-state index contributed by atoms with van der Waals surface area (Å²) < 4.78 is 9.88. The fourth-order valence-corrected chi connectivity index (χ4v) is 3.01. The molecule has 32 heavy (non-hydrogen) atoms. The van der Waals surface area contributed by atoms with Crippen molar-refractivity contribution in [3.63, 3.8) is 0 Å². The van der Waals surface area contributed by atoms with E-state index in [0.717, 1.165) is 4.90 Å². The Morgan fingerprint density at radius 2 is 1.78 bits per heavy atom. The quantitative estimate of drug-likeness (QED) is 0.398. The second-order valence-electron chi connectivity index (χ2n) is 6.49. The summed E-state index contributed by atoms with van der Waals surface area (Å²) in [4.78, 5) is 61.4. The van der Waals surface area contributed by atoms with Crippen molar-refractivity contribution >= 4 is 41.5 Å². The molecule has 0 bridgehead atoms. The van der Waals surface area contributed by atoms with E-state index in [9.17, 15) is 29.1 Å². The van der Waals surface area contributed by atoms with Crippen LogP contribution in [0, 0.1) is 0 Å². The number of urea groups is 1. The number of amides is 4. The number of anilines is 1. The zero-order chi connectivity index (χ0) is 23.4. The minimum atomic E-state index is -1.24. The van der Waals surface area contributed by atoms with Gasteiger partial charge >= 0.3 is 18.0 Å². The summed E-state index contributed by atoms with van der Waals surface area (Å²) in [5.41, 5.74) is 0.0676. The van der Waals surface area contributed by atoms with Gasteiger partial charge in [0.2, 0.25) is 0 Å². The van der Waals surface area contributed by atoms with Crippen molar-refractivity contribution in [3.8, 4) is 5.75 Å². The van der Waals surface area contributed by atoms with Gasteiger partial charge in [-0.3, -0.25) is 14.9 Å². The molecule has 1 aliphatic heterocycles. The lowest BCUT2D eigenvalue weighted by Gasteiger charge is -2.26. The number of carboxylic acid groups (broad SMARTS) is 1. The maximum absolute atomic E-state index is 13.0. The van der Waals surface area contributed by atoms with Crippen molar-refractivity contribution in [2.75, 3.05) is 18.6 Å². The molecule has 2 aromatic carbocycles. The molecule has 2 N–H and O–H groups in total. The number of methoxy groups -OCH3 is 1. The number of nitrogens with zero attached hydrogens (tertiary/aromatic N) is 1. The highest BCUT2D eigenvalue weighted by molar-refractivity contribution is 6.39. The van der Waals surface area contributed by atoms with Gasteiger partial charge in [-0.15, -0.1) is 0 Å². The number of rotatable bonds is 6. The Balaban J connectivity index is 1.98. The van der Waals surface area contributed by atoms with Crippen LogP contribution in [0.4, 0.5) is 10.5 Å². The smallest absolute Gasteiger partial charge is 0.339 e. The highest BCUT2D eigenvalue weighted by Gasteiger charge is 2.37. The topological polar surface area (TPSA) is 139 Å². The van der Waals surface area contributed by atoms with Gasteiger partial charge < -0.3 is 14.6 Å². The summed E-state index contributed by atoms with van der Waals surface area (Å²) in [7, 11) is 1.22. The largest absolute Gasteiger partial charge is 0.493 e. The molecule has 1 saturated heterocycles. The molecule has 1 heterocycles. The van der Waals surface area contributed by atoms with Crippen LogP contribution in [0.15, 0.2) is 48.0 Å². The molecule has 10 nitrogen and oxygen atoms in total. The van der Waals surface area contributed by atoms with Crippen molar-refractivity contribution < 1.29 is 38.6 Å². The summed E-state index contributed by atoms with van der Waals surface area (Å²) in [6.07, 6.45) is 1.18. The van der Waals surface area contributed by atoms with Crippen molar-refractivity contribution in [1.29, 1.82) is 0 Å². The van der Waals surface area contributed by atoms with Crippen molar-refractivity contribution in [3.05, 3.63) is 64.7 Å². The van der Waals surface area contributed by atoms with Crippen LogP contribution >= 0.6 is 0 Å². The molecule has 0 aromatic heterocycles. The number of esters is 1. The van der Waals surface area contributed by atoms with Gasteiger partial charge in [-0.2, -0.15) is 0 Å². The molecule has 1 fully saturated rings. The molecule has 0 spiro atoms. The van der Waals surface area contributed by atoms with Gasteiger partial charge in [-0.05, 0) is 55.0 Å². The van der Waals surface area contributed by atoms with Crippen molar-refractivity contribution in [2.45, 2.75) is 6.92 Å². The lowest BCUT2D eigenvalue weighted by molar-refractivity contribution is -0.122. The van der Waals surface area contributed by atoms with E-state index in [1.54, 1.807) is 6.92 Å². The number of benzene rings is 2. The summed E-state index contributed by atoms with van der Waals surface area (Å²) in [6.45, 7) is 1.96. The van der Waals surface area contributed by atoms with E-state index in [1.165, 1.54) is 55.7 Å². The Bertz CT molecular complexity index is 1150. The third-order valence-electron chi connectivity index (χ3n) is 4.49. The predicted molar refractivity (Wildman–Crippen MR) is 111 cm³/mol. The number of imide groups is 2. The molecule has 4 amide bonds. The number of carbonyl (C=O) groups excluding carboxylic acids is 4. The van der Waals surface area contributed by atoms with Crippen LogP contribution in [0.25, 0.3) is 6.08 Å². The molecule has 0 radical (unpaired) electrons. The van der Waals surface area contributed by atoms with Gasteiger partial charge in [0.1, 0.15) is 16.9 Å². The average Bonchev–Trinajstić information content (AvgIpc) is 2.77. The van der Waals surface area contributed by atoms with Crippen molar-refractivity contribution in [2.24, 2.45) is 0 Å². The number of nitrogens with one attached hydrogen (secondary N) is 1. The number of ether oxygens (including phenoxy) is 2. The maximum Gasteiger partial charge on any atom is 0.339 e. The van der Waals surface area contributed by atoms with E-state index in [1.807, 2.05) is 0 Å². The van der Waals surface area contributed by atoms with Crippen LogP contribution in [-0.4, -0.2) is 48.6 Å². The van der Waals surface area contributed by atoms with Crippen LogP contribution in [0.2, 0.25) is 0 Å². The second-order valence-corrected chi connectivity index (χ2v) is 6.49. The minimum Gasteiger partial charge on any atom is -0.493 e. The molecule has 0 aliphatic carbocycles. The molecule has 2 aromatic rings. The zero-order valence-electron chi connectivity index (χ0n) is 17.1. The van der Waals surface area contributed by atoms with E-state index in [4.69, 9.17) is 4.74 Å². The first kappa shape index (κ1) is 22.2. The summed E-state index contributed by atoms with van der Waals surface area (Å²) in [5, 5.41) is 11.5. The monoisotopic (exact) mass is 438 g/mol. The van der Waals surface area contributed by atoms with Gasteiger partial charge in [0.05, 0.1) is 25.0 Å². The maximum atomic E-state index is 13.0. The number of carbonyl (C=O) groups is 5. The second kappa shape index (κ2) is 9.13. The van der Waals surface area contributed by atoms with Gasteiger partial charge in [-0.25, -0.2) is 19.3 Å². The Kier molecular flexibility index (Phi) is 6.34. The van der Waals surface area contributed by atoms with Crippen LogP contribution in [0.5, 0.6) is 5.75 Å². The number of barbiturate groups is 1. The highest BCUT2D eigenvalue weighted by Crippen LogP contribution is 2.25. The zero-order valence-corrected chi connectivity index (χ0v) is 17.1. The molecule has 0 atom stereocenters. The van der Waals surface area contributed by atoms with E-state index in [2.05, 4.69) is 10.1 Å². The third-order valence-corrected chi connectivity index (χ3v) is 4.49. The number of hydrogen-bond donors (Lipinski definition) is 2. The summed E-state index contributed by atoms with van der Waals surface area (Å²) in [6, 6.07) is 8.65. The molecule has 1 aliphatic rings. The van der Waals surface area contributed by atoms with Crippen molar-refractivity contribution in [1.82, 2.24) is 5.32 Å². The Morgan fingerprint density at radius 1 is 1.09 bits per heavy atom. The summed E-state index contributed by atoms with van der Waals surface area (Å²) in [5.74, 6) is -3.52. The molecule has 0 saturated carbocycles. The molecular weight excluding hydrogens is 420 g/mol. The van der Waals surface area contributed by atoms with Gasteiger partial charge in [0, 0.05) is 0 Å². The molecule has 0 unspecified atom stereocenters. The first-order valence-corrected chi connectivity index (χ1v) is 9.36. The minimum absolute atomic E-state index is 0.122. The first-order chi connectivity index (χ1) is 15.3. The number of carboxylic acids is 1. The first-order valence-electron chi connectivity index (χ1n) is 9.36.